The summed E-state index contributed by atoms with van der Waals surface area (Å²) < 4.78 is 12.0. The van der Waals surface area contributed by atoms with Crippen molar-refractivity contribution in [2.45, 2.75) is 20.5 Å². The van der Waals surface area contributed by atoms with E-state index in [1.165, 1.54) is 12.1 Å². The van der Waals surface area contributed by atoms with E-state index < -0.39 is 4.92 Å². The predicted molar refractivity (Wildman–Crippen MR) is 115 cm³/mol. The van der Waals surface area contributed by atoms with Crippen LogP contribution in [0.3, 0.4) is 0 Å². The summed E-state index contributed by atoms with van der Waals surface area (Å²) in [6.07, 6.45) is 0. The zero-order valence-corrected chi connectivity index (χ0v) is 16.5. The Morgan fingerprint density at radius 3 is 2.27 bits per heavy atom. The molecule has 0 saturated carbocycles. The highest BCUT2D eigenvalue weighted by Crippen LogP contribution is 2.32. The molecule has 4 aromatic rings. The number of nitro groups is 1. The molecule has 0 amide bonds. The van der Waals surface area contributed by atoms with E-state index in [9.17, 15) is 14.9 Å². The van der Waals surface area contributed by atoms with E-state index in [0.29, 0.717) is 22.3 Å². The molecule has 6 heteroatoms. The molecule has 0 saturated heterocycles. The first-order valence-corrected chi connectivity index (χ1v) is 9.43. The van der Waals surface area contributed by atoms with Crippen LogP contribution in [0.25, 0.3) is 22.3 Å². The number of hydrogen-bond acceptors (Lipinski definition) is 5. The van der Waals surface area contributed by atoms with Gasteiger partial charge in [-0.2, -0.15) is 0 Å². The first-order valence-electron chi connectivity index (χ1n) is 9.43. The molecule has 30 heavy (non-hydrogen) atoms. The molecule has 0 bridgehead atoms. The highest BCUT2D eigenvalue weighted by molar-refractivity contribution is 5.82. The summed E-state index contributed by atoms with van der Waals surface area (Å²) in [6.45, 7) is 3.97. The minimum absolute atomic E-state index is 0.000196. The number of rotatable bonds is 5. The molecule has 0 atom stereocenters. The maximum atomic E-state index is 13.2. The van der Waals surface area contributed by atoms with Gasteiger partial charge in [0.2, 0.25) is 11.2 Å². The fraction of sp³-hybridized carbons (Fsp3) is 0.125. The summed E-state index contributed by atoms with van der Waals surface area (Å²) in [6, 6.07) is 19.1. The van der Waals surface area contributed by atoms with Gasteiger partial charge in [-0.15, -0.1) is 0 Å². The van der Waals surface area contributed by atoms with Crippen molar-refractivity contribution in [3.63, 3.8) is 0 Å². The van der Waals surface area contributed by atoms with Crippen molar-refractivity contribution in [2.24, 2.45) is 0 Å². The number of hydrogen-bond donors (Lipinski definition) is 0. The zero-order valence-electron chi connectivity index (χ0n) is 16.5. The van der Waals surface area contributed by atoms with Crippen molar-refractivity contribution in [3.05, 3.63) is 104 Å². The molecular weight excluding hydrogens is 382 g/mol. The molecule has 0 N–H and O–H groups in total. The third kappa shape index (κ3) is 3.80. The van der Waals surface area contributed by atoms with Gasteiger partial charge in [-0.3, -0.25) is 14.9 Å². The Bertz CT molecular complexity index is 1290. The molecular formula is C24H19NO5. The zero-order chi connectivity index (χ0) is 21.3. The lowest BCUT2D eigenvalue weighted by Crippen LogP contribution is -2.10. The van der Waals surface area contributed by atoms with E-state index in [-0.39, 0.29) is 23.5 Å². The Balaban J connectivity index is 1.78. The van der Waals surface area contributed by atoms with E-state index in [1.54, 1.807) is 24.3 Å². The Kier molecular flexibility index (Phi) is 5.06. The van der Waals surface area contributed by atoms with Gasteiger partial charge in [-0.1, -0.05) is 41.5 Å². The van der Waals surface area contributed by atoms with Gasteiger partial charge in [0.1, 0.15) is 12.2 Å². The van der Waals surface area contributed by atoms with Crippen LogP contribution in [0.15, 0.2) is 75.9 Å². The summed E-state index contributed by atoms with van der Waals surface area (Å²) in [5, 5.41) is 11.3. The van der Waals surface area contributed by atoms with Gasteiger partial charge >= 0.3 is 0 Å². The standard InChI is InChI=1S/C24H19NO5/c1-15-3-8-18(9-4-15)23-24(22(26)20-13-16(2)5-12-21(20)30-23)29-14-17-6-10-19(11-7-17)25(27)28/h3-13H,14H2,1-2H3. The summed E-state index contributed by atoms with van der Waals surface area (Å²) in [4.78, 5) is 23.6. The van der Waals surface area contributed by atoms with E-state index in [2.05, 4.69) is 0 Å². The topological polar surface area (TPSA) is 82.6 Å². The van der Waals surface area contributed by atoms with Crippen molar-refractivity contribution in [1.29, 1.82) is 0 Å². The minimum atomic E-state index is -0.458. The van der Waals surface area contributed by atoms with Gasteiger partial charge < -0.3 is 9.15 Å². The molecule has 0 unspecified atom stereocenters. The fourth-order valence-electron chi connectivity index (χ4n) is 3.19. The van der Waals surface area contributed by atoms with Crippen molar-refractivity contribution >= 4 is 16.7 Å². The molecule has 3 aromatic carbocycles. The molecule has 0 fully saturated rings. The van der Waals surface area contributed by atoms with Crippen LogP contribution < -0.4 is 10.2 Å². The molecule has 6 nitrogen and oxygen atoms in total. The van der Waals surface area contributed by atoms with E-state index in [1.807, 2.05) is 44.2 Å². The molecule has 0 spiro atoms. The number of nitrogens with zero attached hydrogens (tertiary/aromatic N) is 1. The van der Waals surface area contributed by atoms with Crippen LogP contribution in [0.5, 0.6) is 5.75 Å². The Hall–Kier alpha value is -3.93. The molecule has 1 heterocycles. The third-order valence-electron chi connectivity index (χ3n) is 4.85. The van der Waals surface area contributed by atoms with Gasteiger partial charge in [0.15, 0.2) is 5.76 Å². The first kappa shape index (κ1) is 19.4. The average molecular weight is 401 g/mol. The van der Waals surface area contributed by atoms with Crippen LogP contribution in [0, 0.1) is 24.0 Å². The predicted octanol–water partition coefficient (Wildman–Crippen LogP) is 5.56. The fourth-order valence-corrected chi connectivity index (χ4v) is 3.19. The summed E-state index contributed by atoms with van der Waals surface area (Å²) in [7, 11) is 0. The summed E-state index contributed by atoms with van der Waals surface area (Å²) in [5.74, 6) is 0.480. The molecule has 1 aromatic heterocycles. The largest absolute Gasteiger partial charge is 0.481 e. The number of fused-ring (bicyclic) bond motifs is 1. The smallest absolute Gasteiger partial charge is 0.269 e. The SMILES string of the molecule is Cc1ccc(-c2oc3ccc(C)cc3c(=O)c2OCc2ccc([N+](=O)[O-])cc2)cc1. The molecule has 0 radical (unpaired) electrons. The van der Waals surface area contributed by atoms with Gasteiger partial charge in [0.05, 0.1) is 10.3 Å². The van der Waals surface area contributed by atoms with Gasteiger partial charge in [-0.25, -0.2) is 0 Å². The lowest BCUT2D eigenvalue weighted by atomic mass is 10.1. The van der Waals surface area contributed by atoms with E-state index in [4.69, 9.17) is 9.15 Å². The highest BCUT2D eigenvalue weighted by Gasteiger charge is 2.18. The van der Waals surface area contributed by atoms with Crippen LogP contribution in [0.4, 0.5) is 5.69 Å². The molecule has 0 aliphatic rings. The Morgan fingerprint density at radius 1 is 0.933 bits per heavy atom. The van der Waals surface area contributed by atoms with Gasteiger partial charge in [-0.05, 0) is 43.7 Å². The highest BCUT2D eigenvalue weighted by atomic mass is 16.6. The van der Waals surface area contributed by atoms with Crippen molar-refractivity contribution < 1.29 is 14.1 Å². The molecule has 0 aliphatic carbocycles. The number of non-ortho nitro benzene ring substituents is 1. The van der Waals surface area contributed by atoms with Gasteiger partial charge in [0.25, 0.3) is 5.69 Å². The number of aryl methyl sites for hydroxylation is 2. The second kappa shape index (κ2) is 7.83. The molecule has 4 rings (SSSR count). The van der Waals surface area contributed by atoms with Crippen LogP contribution >= 0.6 is 0 Å². The van der Waals surface area contributed by atoms with E-state index >= 15 is 0 Å². The van der Waals surface area contributed by atoms with Crippen LogP contribution in [0.2, 0.25) is 0 Å². The number of benzene rings is 3. The maximum Gasteiger partial charge on any atom is 0.269 e. The van der Waals surface area contributed by atoms with Crippen molar-refractivity contribution in [1.82, 2.24) is 0 Å². The maximum absolute atomic E-state index is 13.2. The normalized spacial score (nSPS) is 10.9. The lowest BCUT2D eigenvalue weighted by Gasteiger charge is -2.12. The Morgan fingerprint density at radius 2 is 1.60 bits per heavy atom. The number of ether oxygens (including phenoxy) is 1. The van der Waals surface area contributed by atoms with Gasteiger partial charge in [0, 0.05) is 17.7 Å². The van der Waals surface area contributed by atoms with Crippen molar-refractivity contribution in [2.75, 3.05) is 0 Å². The second-order valence-corrected chi connectivity index (χ2v) is 7.17. The summed E-state index contributed by atoms with van der Waals surface area (Å²) in [5.41, 5.74) is 3.71. The van der Waals surface area contributed by atoms with Crippen LogP contribution in [-0.2, 0) is 6.61 Å². The third-order valence-corrected chi connectivity index (χ3v) is 4.85. The first-order chi connectivity index (χ1) is 14.4. The quantitative estimate of drug-likeness (QED) is 0.323. The summed E-state index contributed by atoms with van der Waals surface area (Å²) >= 11 is 0. The molecule has 150 valence electrons. The van der Waals surface area contributed by atoms with Crippen LogP contribution in [-0.4, -0.2) is 4.92 Å². The lowest BCUT2D eigenvalue weighted by molar-refractivity contribution is -0.384. The average Bonchev–Trinajstić information content (AvgIpc) is 2.74. The monoisotopic (exact) mass is 401 g/mol. The Labute approximate surface area is 172 Å². The number of nitro benzene ring substituents is 1. The molecule has 0 aliphatic heterocycles. The van der Waals surface area contributed by atoms with Crippen LogP contribution in [0.1, 0.15) is 16.7 Å². The van der Waals surface area contributed by atoms with Crippen molar-refractivity contribution in [3.8, 4) is 17.1 Å². The second-order valence-electron chi connectivity index (χ2n) is 7.17. The van der Waals surface area contributed by atoms with E-state index in [0.717, 1.165) is 16.7 Å². The minimum Gasteiger partial charge on any atom is -0.481 e.